The minimum atomic E-state index is -0.236. The first kappa shape index (κ1) is 32.3. The van der Waals surface area contributed by atoms with Crippen LogP contribution in [0.2, 0.25) is 0 Å². The molecule has 4 heterocycles. The summed E-state index contributed by atoms with van der Waals surface area (Å²) in [5.41, 5.74) is 10.8. The molecular weight excluding hydrogens is 717 g/mol. The molecule has 270 valence electrons. The van der Waals surface area contributed by atoms with E-state index in [1.165, 1.54) is 53.2 Å². The van der Waals surface area contributed by atoms with Crippen molar-refractivity contribution in [2.75, 3.05) is 0 Å². The third kappa shape index (κ3) is 5.01. The molecule has 12 rings (SSSR count). The van der Waals surface area contributed by atoms with E-state index < -0.39 is 0 Å². The van der Waals surface area contributed by atoms with E-state index in [9.17, 15) is 0 Å². The van der Waals surface area contributed by atoms with Crippen LogP contribution in [0, 0.1) is 0 Å². The SMILES string of the molecule is c1ccc(C2N=C(c3cccc4c3oc3cccc(-c5cccc6sc7c(-n8c9ccccc9c9ccccc98)cccc7c56)c34)NC(c3ccccc3)N2)cc1. The summed E-state index contributed by atoms with van der Waals surface area (Å²) in [4.78, 5) is 5.27. The normalized spacial score (nSPS) is 15.9. The summed E-state index contributed by atoms with van der Waals surface area (Å²) in [5, 5.41) is 14.7. The Morgan fingerprint density at radius 3 is 1.88 bits per heavy atom. The predicted molar refractivity (Wildman–Crippen MR) is 238 cm³/mol. The molecule has 0 saturated carbocycles. The first-order chi connectivity index (χ1) is 28.3. The molecule has 2 N–H and O–H groups in total. The predicted octanol–water partition coefficient (Wildman–Crippen LogP) is 13.1. The molecule has 1 aliphatic rings. The van der Waals surface area contributed by atoms with Gasteiger partial charge >= 0.3 is 0 Å². The standard InChI is InChI=1S/C51H34N4OS/c1-3-15-31(16-4-1)49-52-50(32-17-5-2-6-18-32)54-51(53-49)39-25-11-23-37-45-35(21-13-29-43(45)56-47(37)39)36-22-14-30-44-46(36)38-24-12-28-42(48(38)57-44)55-40-26-9-7-19-33(40)34-20-8-10-27-41(34)55/h1-30,49-50,52H,(H,53,54). The molecule has 0 saturated heterocycles. The zero-order chi connectivity index (χ0) is 37.5. The number of fused-ring (bicyclic) bond motifs is 9. The first-order valence-corrected chi connectivity index (χ1v) is 20.2. The number of hydrogen-bond acceptors (Lipinski definition) is 5. The number of rotatable bonds is 5. The van der Waals surface area contributed by atoms with Gasteiger partial charge in [0.2, 0.25) is 0 Å². The highest BCUT2D eigenvalue weighted by atomic mass is 32.1. The van der Waals surface area contributed by atoms with Gasteiger partial charge in [-0.15, -0.1) is 11.3 Å². The first-order valence-electron chi connectivity index (χ1n) is 19.4. The second-order valence-electron chi connectivity index (χ2n) is 14.7. The van der Waals surface area contributed by atoms with Crippen molar-refractivity contribution >= 4 is 81.1 Å². The van der Waals surface area contributed by atoms with Crippen LogP contribution in [0.1, 0.15) is 29.0 Å². The van der Waals surface area contributed by atoms with Crippen LogP contribution in [-0.4, -0.2) is 10.4 Å². The topological polar surface area (TPSA) is 54.5 Å². The van der Waals surface area contributed by atoms with Crippen LogP contribution in [0.4, 0.5) is 0 Å². The Morgan fingerprint density at radius 1 is 0.509 bits per heavy atom. The highest BCUT2D eigenvalue weighted by molar-refractivity contribution is 7.26. The third-order valence-corrected chi connectivity index (χ3v) is 12.7. The number of furan rings is 1. The van der Waals surface area contributed by atoms with E-state index in [1.54, 1.807) is 0 Å². The second kappa shape index (κ2) is 12.8. The zero-order valence-electron chi connectivity index (χ0n) is 30.7. The number of para-hydroxylation sites is 3. The van der Waals surface area contributed by atoms with Gasteiger partial charge in [-0.3, -0.25) is 5.32 Å². The summed E-state index contributed by atoms with van der Waals surface area (Å²) in [6, 6.07) is 64.8. The van der Waals surface area contributed by atoms with Crippen LogP contribution in [-0.2, 0) is 0 Å². The smallest absolute Gasteiger partial charge is 0.146 e. The molecule has 57 heavy (non-hydrogen) atoms. The maximum atomic E-state index is 6.87. The Bertz CT molecular complexity index is 3320. The van der Waals surface area contributed by atoms with Crippen LogP contribution in [0.5, 0.6) is 0 Å². The summed E-state index contributed by atoms with van der Waals surface area (Å²) in [5.74, 6) is 0.797. The van der Waals surface area contributed by atoms with Crippen molar-refractivity contribution in [3.05, 3.63) is 199 Å². The number of amidine groups is 1. The van der Waals surface area contributed by atoms with E-state index in [0.717, 1.165) is 50.0 Å². The van der Waals surface area contributed by atoms with Crippen molar-refractivity contribution in [2.24, 2.45) is 4.99 Å². The molecule has 6 heteroatoms. The van der Waals surface area contributed by atoms with Gasteiger partial charge in [-0.2, -0.15) is 0 Å². The van der Waals surface area contributed by atoms with Crippen LogP contribution in [0.3, 0.4) is 0 Å². The Labute approximate surface area is 332 Å². The van der Waals surface area contributed by atoms with Gasteiger partial charge in [-0.05, 0) is 58.7 Å². The number of thiophene rings is 1. The Hall–Kier alpha value is -6.99. The molecule has 0 aliphatic carbocycles. The van der Waals surface area contributed by atoms with Crippen LogP contribution in [0.15, 0.2) is 191 Å². The lowest BCUT2D eigenvalue weighted by Crippen LogP contribution is -2.45. The number of benzene rings is 8. The molecule has 2 unspecified atom stereocenters. The molecule has 2 atom stereocenters. The van der Waals surface area contributed by atoms with Crippen molar-refractivity contribution < 1.29 is 4.42 Å². The summed E-state index contributed by atoms with van der Waals surface area (Å²) >= 11 is 1.87. The van der Waals surface area contributed by atoms with Gasteiger partial charge in [0.05, 0.1) is 27.0 Å². The van der Waals surface area contributed by atoms with Gasteiger partial charge in [0, 0.05) is 37.0 Å². The average Bonchev–Trinajstić information content (AvgIpc) is 3.97. The lowest BCUT2D eigenvalue weighted by Gasteiger charge is -2.32. The fourth-order valence-corrected chi connectivity index (χ4v) is 10.2. The molecule has 0 spiro atoms. The monoisotopic (exact) mass is 750 g/mol. The molecule has 1 aliphatic heterocycles. The van der Waals surface area contributed by atoms with Crippen molar-refractivity contribution in [1.82, 2.24) is 15.2 Å². The van der Waals surface area contributed by atoms with Crippen molar-refractivity contribution in [3.63, 3.8) is 0 Å². The summed E-state index contributed by atoms with van der Waals surface area (Å²) in [6.45, 7) is 0. The molecule has 11 aromatic rings. The van der Waals surface area contributed by atoms with Crippen molar-refractivity contribution in [2.45, 2.75) is 12.3 Å². The fourth-order valence-electron chi connectivity index (χ4n) is 8.99. The Kier molecular flexibility index (Phi) is 7.24. The van der Waals surface area contributed by atoms with Gasteiger partial charge in [0.15, 0.2) is 0 Å². The Balaban J connectivity index is 1.05. The van der Waals surface area contributed by atoms with Gasteiger partial charge in [0.1, 0.15) is 29.3 Å². The van der Waals surface area contributed by atoms with Crippen LogP contribution < -0.4 is 10.6 Å². The summed E-state index contributed by atoms with van der Waals surface area (Å²) in [7, 11) is 0. The highest BCUT2D eigenvalue weighted by Crippen LogP contribution is 2.47. The van der Waals surface area contributed by atoms with Gasteiger partial charge in [-0.25, -0.2) is 4.99 Å². The summed E-state index contributed by atoms with van der Waals surface area (Å²) in [6.07, 6.45) is -0.379. The number of aromatic nitrogens is 1. The molecule has 0 bridgehead atoms. The van der Waals surface area contributed by atoms with E-state index in [2.05, 4.69) is 185 Å². The van der Waals surface area contributed by atoms with Crippen molar-refractivity contribution in [1.29, 1.82) is 0 Å². The zero-order valence-corrected chi connectivity index (χ0v) is 31.5. The van der Waals surface area contributed by atoms with Crippen LogP contribution in [0.25, 0.3) is 80.7 Å². The largest absolute Gasteiger partial charge is 0.455 e. The molecule has 8 aromatic carbocycles. The molecule has 5 nitrogen and oxygen atoms in total. The van der Waals surface area contributed by atoms with E-state index in [0.29, 0.717) is 0 Å². The third-order valence-electron chi connectivity index (χ3n) is 11.5. The van der Waals surface area contributed by atoms with Gasteiger partial charge in [-0.1, -0.05) is 146 Å². The Morgan fingerprint density at radius 2 is 1.11 bits per heavy atom. The maximum Gasteiger partial charge on any atom is 0.146 e. The van der Waals surface area contributed by atoms with Gasteiger partial charge in [0.25, 0.3) is 0 Å². The van der Waals surface area contributed by atoms with E-state index >= 15 is 0 Å². The molecule has 0 radical (unpaired) electrons. The van der Waals surface area contributed by atoms with Crippen molar-refractivity contribution in [3.8, 4) is 16.8 Å². The number of nitrogens with one attached hydrogen (secondary N) is 2. The molecular formula is C51H34N4OS. The maximum absolute atomic E-state index is 6.87. The minimum absolute atomic E-state index is 0.143. The van der Waals surface area contributed by atoms with Gasteiger partial charge < -0.3 is 14.3 Å². The molecule has 0 amide bonds. The number of nitrogens with zero attached hydrogens (tertiary/aromatic N) is 2. The quantitative estimate of drug-likeness (QED) is 0.184. The lowest BCUT2D eigenvalue weighted by atomic mass is 9.95. The minimum Gasteiger partial charge on any atom is -0.455 e. The summed E-state index contributed by atoms with van der Waals surface area (Å²) < 4.78 is 11.8. The highest BCUT2D eigenvalue weighted by Gasteiger charge is 2.28. The fraction of sp³-hybridized carbons (Fsp3) is 0.0392. The number of hydrogen-bond donors (Lipinski definition) is 2. The van der Waals surface area contributed by atoms with E-state index in [4.69, 9.17) is 9.41 Å². The molecule has 0 fully saturated rings. The average molecular weight is 751 g/mol. The number of aliphatic imine (C=N–C) groups is 1. The van der Waals surface area contributed by atoms with E-state index in [1.807, 2.05) is 23.5 Å². The lowest BCUT2D eigenvalue weighted by molar-refractivity contribution is 0.409. The van der Waals surface area contributed by atoms with E-state index in [-0.39, 0.29) is 12.3 Å². The van der Waals surface area contributed by atoms with Crippen LogP contribution >= 0.6 is 11.3 Å². The second-order valence-corrected chi connectivity index (χ2v) is 15.8. The molecule has 3 aromatic heterocycles.